The Bertz CT molecular complexity index is 2730. The lowest BCUT2D eigenvalue weighted by Crippen LogP contribution is -2.66. The van der Waals surface area contributed by atoms with Gasteiger partial charge in [-0.05, 0) is 67.6 Å². The van der Waals surface area contributed by atoms with Crippen molar-refractivity contribution in [3.63, 3.8) is 0 Å². The zero-order valence-corrected chi connectivity index (χ0v) is 41.6. The van der Waals surface area contributed by atoms with E-state index in [0.29, 0.717) is 39.1 Å². The molecule has 1 aliphatic heterocycles. The summed E-state index contributed by atoms with van der Waals surface area (Å²) < 4.78 is 57.2. The Morgan fingerprint density at radius 1 is 0.915 bits per heavy atom. The lowest BCUT2D eigenvalue weighted by molar-refractivity contribution is -0.316. The van der Waals surface area contributed by atoms with Crippen LogP contribution in [-0.4, -0.2) is 156 Å². The Balaban J connectivity index is 1.00. The van der Waals surface area contributed by atoms with Crippen LogP contribution in [0.5, 0.6) is 0 Å². The van der Waals surface area contributed by atoms with Gasteiger partial charge in [0, 0.05) is 61.8 Å². The van der Waals surface area contributed by atoms with Crippen LogP contribution in [0.15, 0.2) is 106 Å². The summed E-state index contributed by atoms with van der Waals surface area (Å²) in [5.41, 5.74) is 3.80. The van der Waals surface area contributed by atoms with E-state index in [1.165, 1.54) is 30.7 Å². The lowest BCUT2D eigenvalue weighted by Gasteiger charge is -2.44. The number of carbonyl (C=O) groups excluding carboxylic acids is 3. The fourth-order valence-electron chi connectivity index (χ4n) is 7.23. The number of ether oxygens (including phenoxy) is 4. The number of anilines is 2. The molecule has 71 heavy (non-hydrogen) atoms. The third-order valence-corrected chi connectivity index (χ3v) is 12.7. The molecule has 1 aliphatic rings. The number of nitrogens with zero attached hydrogens (tertiary/aromatic N) is 6. The van der Waals surface area contributed by atoms with Crippen LogP contribution in [0, 0.1) is 0 Å². The van der Waals surface area contributed by atoms with Gasteiger partial charge in [-0.2, -0.15) is 18.6 Å². The van der Waals surface area contributed by atoms with E-state index < -0.39 is 69.8 Å². The maximum absolute atomic E-state index is 13.8. The van der Waals surface area contributed by atoms with Gasteiger partial charge in [0.05, 0.1) is 57.1 Å². The minimum Gasteiger partial charge on any atom is -0.394 e. The van der Waals surface area contributed by atoms with Crippen molar-refractivity contribution < 1.29 is 61.6 Å². The first-order valence-electron chi connectivity index (χ1n) is 22.3. The molecule has 1 fully saturated rings. The molecule has 4 aromatic carbocycles. The topological polar surface area (TPSA) is 310 Å². The molecular formula is C46H57BrN10O13S. The highest BCUT2D eigenvalue weighted by Crippen LogP contribution is 2.32. The first-order chi connectivity index (χ1) is 33.8. The van der Waals surface area contributed by atoms with Gasteiger partial charge in [0.25, 0.3) is 16.0 Å². The molecule has 382 valence electrons. The van der Waals surface area contributed by atoms with Crippen LogP contribution in [0.4, 0.5) is 22.7 Å². The Labute approximate surface area is 417 Å². The lowest BCUT2D eigenvalue weighted by atomic mass is 9.97. The van der Waals surface area contributed by atoms with Crippen molar-refractivity contribution in [3.8, 4) is 0 Å². The quantitative estimate of drug-likeness (QED) is 0.0145. The smallest absolute Gasteiger partial charge is 0.295 e. The number of amides is 3. The first kappa shape index (κ1) is 54.3. The van der Waals surface area contributed by atoms with E-state index in [-0.39, 0.29) is 56.8 Å². The predicted octanol–water partition coefficient (Wildman–Crippen LogP) is 2.79. The van der Waals surface area contributed by atoms with Crippen LogP contribution in [0.3, 0.4) is 0 Å². The summed E-state index contributed by atoms with van der Waals surface area (Å²) in [6.07, 6.45) is -5.94. The molecule has 1 unspecified atom stereocenters. The SMILES string of the molecule is CC(=O)N[C@H]1[C@H](O[C@@H](OCCOCCn2cc(CNC(=O)c3ccc(/N=N/c4ccc(N(C)C)cc4)cc3)nn2)C(C)(Br)C(=O)NCCNc2cccc3c(S(=O)(=O)O)cccc23)O[C@H](CO)[C@@H](O)[C@@H]1O. The van der Waals surface area contributed by atoms with Crippen molar-refractivity contribution in [2.24, 2.45) is 10.2 Å². The molecule has 1 saturated heterocycles. The Morgan fingerprint density at radius 3 is 2.25 bits per heavy atom. The molecule has 0 spiro atoms. The van der Waals surface area contributed by atoms with Crippen LogP contribution < -0.4 is 26.2 Å². The van der Waals surface area contributed by atoms with Gasteiger partial charge in [-0.3, -0.25) is 18.9 Å². The van der Waals surface area contributed by atoms with Gasteiger partial charge in [0.15, 0.2) is 16.9 Å². The molecule has 0 saturated carbocycles. The van der Waals surface area contributed by atoms with Gasteiger partial charge < -0.3 is 60.4 Å². The zero-order chi connectivity index (χ0) is 51.3. The molecule has 0 aliphatic carbocycles. The molecule has 5 aromatic rings. The Kier molecular flexibility index (Phi) is 19.1. The Morgan fingerprint density at radius 2 is 1.59 bits per heavy atom. The van der Waals surface area contributed by atoms with Gasteiger partial charge in [-0.25, -0.2) is 4.68 Å². The summed E-state index contributed by atoms with van der Waals surface area (Å²) in [5.74, 6) is -1.53. The number of hydrogen-bond donors (Lipinski definition) is 8. The minimum atomic E-state index is -4.49. The van der Waals surface area contributed by atoms with Crippen LogP contribution in [0.2, 0.25) is 0 Å². The molecule has 0 radical (unpaired) electrons. The number of alkyl halides is 1. The number of hydrogen-bond acceptors (Lipinski definition) is 18. The summed E-state index contributed by atoms with van der Waals surface area (Å²) in [6.45, 7) is 2.52. The molecular weight excluding hydrogens is 1010 g/mol. The van der Waals surface area contributed by atoms with E-state index in [4.69, 9.17) is 18.9 Å². The van der Waals surface area contributed by atoms with Crippen LogP contribution in [-0.2, 0) is 51.7 Å². The van der Waals surface area contributed by atoms with Crippen molar-refractivity contribution in [3.05, 3.63) is 102 Å². The van der Waals surface area contributed by atoms with Gasteiger partial charge in [0.1, 0.15) is 34.9 Å². The number of nitrogens with one attached hydrogen (secondary N) is 4. The van der Waals surface area contributed by atoms with Gasteiger partial charge >= 0.3 is 0 Å². The molecule has 3 amide bonds. The highest BCUT2D eigenvalue weighted by Gasteiger charge is 2.49. The maximum Gasteiger partial charge on any atom is 0.295 e. The van der Waals surface area contributed by atoms with Crippen molar-refractivity contribution >= 4 is 77.3 Å². The van der Waals surface area contributed by atoms with E-state index in [2.05, 4.69) is 57.7 Å². The monoisotopic (exact) mass is 1070 g/mol. The van der Waals surface area contributed by atoms with Crippen LogP contribution in [0.1, 0.15) is 29.9 Å². The third-order valence-electron chi connectivity index (χ3n) is 11.0. The summed E-state index contributed by atoms with van der Waals surface area (Å²) in [6, 6.07) is 22.3. The van der Waals surface area contributed by atoms with Crippen LogP contribution in [0.25, 0.3) is 10.8 Å². The van der Waals surface area contributed by atoms with E-state index >= 15 is 0 Å². The second-order valence-corrected chi connectivity index (χ2v) is 19.6. The molecule has 1 aromatic heterocycles. The number of benzene rings is 4. The molecule has 8 N–H and O–H groups in total. The molecule has 0 bridgehead atoms. The molecule has 7 atom stereocenters. The second kappa shape index (κ2) is 24.9. The first-order valence-corrected chi connectivity index (χ1v) is 24.5. The van der Waals surface area contributed by atoms with E-state index in [9.17, 15) is 42.7 Å². The normalized spacial score (nSPS) is 19.5. The largest absolute Gasteiger partial charge is 0.394 e. The molecule has 25 heteroatoms. The molecule has 23 nitrogen and oxygen atoms in total. The van der Waals surface area contributed by atoms with Crippen molar-refractivity contribution in [1.82, 2.24) is 30.9 Å². The fraction of sp³-hybridized carbons (Fsp3) is 0.413. The number of carbonyl (C=O) groups is 3. The average Bonchev–Trinajstić information content (AvgIpc) is 3.81. The maximum atomic E-state index is 13.8. The van der Waals surface area contributed by atoms with Gasteiger partial charge in [-0.1, -0.05) is 45.4 Å². The fourth-order valence-corrected chi connectivity index (χ4v) is 8.32. The Hall–Kier alpha value is -6.00. The molecule has 2 heterocycles. The minimum absolute atomic E-state index is 0.0122. The zero-order valence-electron chi connectivity index (χ0n) is 39.2. The third kappa shape index (κ3) is 14.8. The summed E-state index contributed by atoms with van der Waals surface area (Å²) in [5, 5.41) is 60.1. The number of azo groups is 1. The number of halogens is 1. The number of aliphatic hydroxyl groups is 3. The number of rotatable bonds is 24. The highest BCUT2D eigenvalue weighted by molar-refractivity contribution is 9.10. The van der Waals surface area contributed by atoms with E-state index in [1.807, 2.05) is 43.3 Å². The second-order valence-electron chi connectivity index (χ2n) is 16.6. The number of fused-ring (bicyclic) bond motifs is 1. The number of aromatic nitrogens is 3. The standard InChI is InChI=1S/C46H57BrN10O13S/c1-28(59)51-39-41(61)40(60)37(27-58)69-43(39)70-45(46(2,47)44(63)49-20-19-48-36-9-5-8-35-34(36)7-6-10-38(35)71(64,65)66)68-24-23-67-22-21-57-26-32(54-55-57)25-50-42(62)29-11-13-30(14-12-29)52-53-31-15-17-33(18-16-31)56(3)4/h5-18,26,37,39-41,43,45,48,58,60-61H,19-25,27H2,1-4H3,(H,49,63)(H,50,62)(H,51,59)(H,64,65,66)/b53-52+/t37-,39-,40-,41-,43+,45-,46?/m1/s1. The number of aliphatic hydroxyl groups excluding tert-OH is 3. The van der Waals surface area contributed by atoms with Crippen molar-refractivity contribution in [1.29, 1.82) is 0 Å². The van der Waals surface area contributed by atoms with Gasteiger partial charge in [-0.15, -0.1) is 5.10 Å². The summed E-state index contributed by atoms with van der Waals surface area (Å²) in [4.78, 5) is 40.5. The van der Waals surface area contributed by atoms with E-state index in [0.717, 1.165) is 5.69 Å². The van der Waals surface area contributed by atoms with Crippen molar-refractivity contribution in [2.75, 3.05) is 63.8 Å². The summed E-state index contributed by atoms with van der Waals surface area (Å²) >= 11 is 3.44. The average molecular weight is 1070 g/mol. The van der Waals surface area contributed by atoms with E-state index in [1.54, 1.807) is 54.7 Å². The predicted molar refractivity (Wildman–Crippen MR) is 262 cm³/mol. The highest BCUT2D eigenvalue weighted by atomic mass is 79.9. The summed E-state index contributed by atoms with van der Waals surface area (Å²) in [7, 11) is -0.579. The van der Waals surface area contributed by atoms with Crippen molar-refractivity contribution in [2.45, 2.75) is 73.1 Å². The van der Waals surface area contributed by atoms with Crippen LogP contribution >= 0.6 is 15.9 Å². The van der Waals surface area contributed by atoms with Gasteiger partial charge in [0.2, 0.25) is 11.8 Å². The molecule has 6 rings (SSSR count).